The largest absolute Gasteiger partial charge is 0.493 e. The minimum absolute atomic E-state index is 0.0124. The first-order valence-corrected chi connectivity index (χ1v) is 19.5. The molecule has 0 saturated carbocycles. The molecule has 0 aliphatic carbocycles. The molecule has 2 aromatic heterocycles. The molecule has 2 aliphatic heterocycles. The Morgan fingerprint density at radius 3 is 2.58 bits per heavy atom. The average molecular weight is 730 g/mol. The average Bonchev–Trinajstić information content (AvgIpc) is 3.67. The molecule has 9 heteroatoms. The number of nitrogens with zero attached hydrogens (tertiary/aromatic N) is 3. The summed E-state index contributed by atoms with van der Waals surface area (Å²) in [7, 11) is 1.98. The van der Waals surface area contributed by atoms with Crippen LogP contribution in [-0.2, 0) is 16.6 Å². The standard InChI is InChI=1S/C44H47N3O5S/c1-24-21-33-41-38(36(24)40(43(48)49)52-44(4,5)6)29-15-18-35-32(23-29)27(19-20-50-35)12-9-8-11-25(2)51-39-31(16-17-34-37(39)26(3)46-47(34)7)28-13-10-14-30(22-28)42(45-33)53-41/h10,13-18,21-23,25,27,40H,8-9,11-12,19-20H2,1-7H3,(H,48,49). The van der Waals surface area contributed by atoms with Gasteiger partial charge in [-0.1, -0.05) is 30.7 Å². The number of carboxylic acids is 1. The topological polar surface area (TPSA) is 95.7 Å². The smallest absolute Gasteiger partial charge is 0.337 e. The molecular formula is C44H47N3O5S. The lowest BCUT2D eigenvalue weighted by Gasteiger charge is -2.29. The van der Waals surface area contributed by atoms with Gasteiger partial charge in [-0.05, 0) is 132 Å². The summed E-state index contributed by atoms with van der Waals surface area (Å²) < 4.78 is 22.3. The van der Waals surface area contributed by atoms with Gasteiger partial charge in [0.15, 0.2) is 6.10 Å². The van der Waals surface area contributed by atoms with Crippen LogP contribution in [0.1, 0.15) is 94.2 Å². The van der Waals surface area contributed by atoms with Gasteiger partial charge in [-0.15, -0.1) is 11.3 Å². The van der Waals surface area contributed by atoms with Gasteiger partial charge in [0, 0.05) is 29.3 Å². The third kappa shape index (κ3) is 6.59. The Kier molecular flexibility index (Phi) is 9.06. The van der Waals surface area contributed by atoms with Crippen molar-refractivity contribution in [2.45, 2.75) is 97.4 Å². The molecule has 2 aliphatic rings. The summed E-state index contributed by atoms with van der Waals surface area (Å²) in [4.78, 5) is 18.3. The second-order valence-corrected chi connectivity index (χ2v) is 16.7. The SMILES string of the molecule is Cc1cc2nc3sc2c(c1C(OC(C)(C)C)C(=O)O)-c1ccc2c(c1)C(CCCCC(C)Oc1c(ccc4c1c(C)nn4C)-c1cccc-3c1)CCO2. The van der Waals surface area contributed by atoms with Crippen molar-refractivity contribution in [1.82, 2.24) is 14.8 Å². The van der Waals surface area contributed by atoms with Crippen molar-refractivity contribution < 1.29 is 24.1 Å². The molecule has 0 spiro atoms. The summed E-state index contributed by atoms with van der Waals surface area (Å²) in [6.07, 6.45) is 3.85. The number of hydrogen-bond donors (Lipinski definition) is 1. The highest BCUT2D eigenvalue weighted by atomic mass is 32.1. The van der Waals surface area contributed by atoms with Crippen molar-refractivity contribution in [1.29, 1.82) is 0 Å². The molecule has 274 valence electrons. The summed E-state index contributed by atoms with van der Waals surface area (Å²) in [6, 6.07) is 21.2. The Morgan fingerprint density at radius 1 is 1.00 bits per heavy atom. The number of aliphatic carboxylic acids is 1. The van der Waals surface area contributed by atoms with Gasteiger partial charge in [-0.25, -0.2) is 9.78 Å². The van der Waals surface area contributed by atoms with Gasteiger partial charge in [0.25, 0.3) is 0 Å². The number of carbonyl (C=O) groups is 1. The Bertz CT molecular complexity index is 2380. The van der Waals surface area contributed by atoms with Crippen molar-refractivity contribution in [3.8, 4) is 44.3 Å². The van der Waals surface area contributed by atoms with E-state index < -0.39 is 17.7 Å². The van der Waals surface area contributed by atoms with E-state index in [-0.39, 0.29) is 6.10 Å². The summed E-state index contributed by atoms with van der Waals surface area (Å²) in [5.41, 5.74) is 9.67. The number of fused-ring (bicyclic) bond motifs is 10. The molecule has 53 heavy (non-hydrogen) atoms. The lowest BCUT2D eigenvalue weighted by molar-refractivity contribution is -0.160. The third-order valence-electron chi connectivity index (χ3n) is 10.6. The maximum Gasteiger partial charge on any atom is 0.337 e. The predicted molar refractivity (Wildman–Crippen MR) is 212 cm³/mol. The first-order chi connectivity index (χ1) is 25.4. The number of rotatable bonds is 3. The van der Waals surface area contributed by atoms with E-state index in [0.29, 0.717) is 18.1 Å². The number of thiazole rings is 1. The van der Waals surface area contributed by atoms with Crippen LogP contribution in [-0.4, -0.2) is 44.2 Å². The molecule has 6 aromatic rings. The number of benzene rings is 4. The van der Waals surface area contributed by atoms with E-state index in [1.165, 1.54) is 5.56 Å². The predicted octanol–water partition coefficient (Wildman–Crippen LogP) is 10.9. The number of carboxylic acid groups (broad SMARTS) is 1. The monoisotopic (exact) mass is 729 g/mol. The molecule has 0 saturated heterocycles. The highest BCUT2D eigenvalue weighted by molar-refractivity contribution is 7.22. The number of ether oxygens (including phenoxy) is 3. The highest BCUT2D eigenvalue weighted by Crippen LogP contribution is 2.48. The Balaban J connectivity index is 1.38. The van der Waals surface area contributed by atoms with E-state index in [4.69, 9.17) is 24.3 Å². The number of hydrogen-bond acceptors (Lipinski definition) is 7. The fraction of sp³-hybridized carbons (Fsp3) is 0.386. The first kappa shape index (κ1) is 35.3. The van der Waals surface area contributed by atoms with Crippen LogP contribution in [0.25, 0.3) is 53.9 Å². The second-order valence-electron chi connectivity index (χ2n) is 15.7. The van der Waals surface area contributed by atoms with Crippen LogP contribution in [0.5, 0.6) is 11.5 Å². The van der Waals surface area contributed by atoms with Crippen LogP contribution in [0.4, 0.5) is 0 Å². The van der Waals surface area contributed by atoms with Crippen LogP contribution in [0.3, 0.4) is 0 Å². The van der Waals surface area contributed by atoms with Crippen LogP contribution in [0, 0.1) is 13.8 Å². The van der Waals surface area contributed by atoms with E-state index in [0.717, 1.165) is 109 Å². The maximum atomic E-state index is 13.1. The Morgan fingerprint density at radius 2 is 1.79 bits per heavy atom. The summed E-state index contributed by atoms with van der Waals surface area (Å²) in [5.74, 6) is 1.09. The lowest BCUT2D eigenvalue weighted by atomic mass is 9.85. The second kappa shape index (κ2) is 13.6. The minimum atomic E-state index is -1.17. The zero-order chi connectivity index (χ0) is 37.2. The van der Waals surface area contributed by atoms with Gasteiger partial charge in [-0.3, -0.25) is 4.68 Å². The van der Waals surface area contributed by atoms with Crippen LogP contribution in [0.15, 0.2) is 60.7 Å². The zero-order valence-electron chi connectivity index (χ0n) is 31.6. The van der Waals surface area contributed by atoms with Crippen LogP contribution >= 0.6 is 11.3 Å². The van der Waals surface area contributed by atoms with E-state index >= 15 is 0 Å². The van der Waals surface area contributed by atoms with Gasteiger partial charge in [0.1, 0.15) is 16.5 Å². The quantitative estimate of drug-likeness (QED) is 0.194. The van der Waals surface area contributed by atoms with Crippen molar-refractivity contribution in [2.24, 2.45) is 7.05 Å². The molecule has 0 fully saturated rings. The number of aryl methyl sites for hydroxylation is 3. The van der Waals surface area contributed by atoms with E-state index in [1.54, 1.807) is 11.3 Å². The van der Waals surface area contributed by atoms with Crippen molar-refractivity contribution >= 4 is 38.4 Å². The first-order valence-electron chi connectivity index (χ1n) is 18.7. The Hall–Kier alpha value is -4.73. The van der Waals surface area contributed by atoms with Crippen molar-refractivity contribution in [3.05, 3.63) is 83.0 Å². The van der Waals surface area contributed by atoms with E-state index in [2.05, 4.69) is 68.4 Å². The van der Waals surface area contributed by atoms with Crippen molar-refractivity contribution in [2.75, 3.05) is 6.61 Å². The van der Waals surface area contributed by atoms with Crippen molar-refractivity contribution in [3.63, 3.8) is 0 Å². The fourth-order valence-electron chi connectivity index (χ4n) is 8.24. The molecule has 8 rings (SSSR count). The normalized spacial score (nSPS) is 18.1. The van der Waals surface area contributed by atoms with Gasteiger partial charge in [-0.2, -0.15) is 5.10 Å². The van der Waals surface area contributed by atoms with Gasteiger partial charge in [0.2, 0.25) is 0 Å². The molecule has 6 bridgehead atoms. The number of aromatic nitrogens is 3. The summed E-state index contributed by atoms with van der Waals surface area (Å²) >= 11 is 1.59. The van der Waals surface area contributed by atoms with Gasteiger partial charge in [0.05, 0.1) is 45.1 Å². The van der Waals surface area contributed by atoms with Crippen LogP contribution in [0.2, 0.25) is 0 Å². The summed E-state index contributed by atoms with van der Waals surface area (Å²) in [5, 5.41) is 17.4. The molecule has 8 nitrogen and oxygen atoms in total. The summed E-state index contributed by atoms with van der Waals surface area (Å²) in [6.45, 7) is 12.6. The fourth-order valence-corrected chi connectivity index (χ4v) is 9.36. The van der Waals surface area contributed by atoms with Gasteiger partial charge >= 0.3 is 5.97 Å². The third-order valence-corrected chi connectivity index (χ3v) is 11.8. The Labute approximate surface area is 314 Å². The lowest BCUT2D eigenvalue weighted by Crippen LogP contribution is -2.28. The molecule has 1 N–H and O–H groups in total. The molecule has 0 radical (unpaired) electrons. The highest BCUT2D eigenvalue weighted by Gasteiger charge is 2.33. The molecule has 0 amide bonds. The molecule has 4 heterocycles. The maximum absolute atomic E-state index is 13.1. The van der Waals surface area contributed by atoms with E-state index in [1.807, 2.05) is 45.5 Å². The molecule has 3 unspecified atom stereocenters. The van der Waals surface area contributed by atoms with Crippen LogP contribution < -0.4 is 9.47 Å². The molecule has 4 aromatic carbocycles. The van der Waals surface area contributed by atoms with Gasteiger partial charge < -0.3 is 19.3 Å². The zero-order valence-corrected chi connectivity index (χ0v) is 32.4. The molecule has 3 atom stereocenters. The molecular weight excluding hydrogens is 683 g/mol. The van der Waals surface area contributed by atoms with E-state index in [9.17, 15) is 9.90 Å². The minimum Gasteiger partial charge on any atom is -0.493 e.